The Hall–Kier alpha value is -3.04. The number of H-pyrrole nitrogens is 1. The average Bonchev–Trinajstić information content (AvgIpc) is 3.59. The fourth-order valence-corrected chi connectivity index (χ4v) is 6.45. The summed E-state index contributed by atoms with van der Waals surface area (Å²) in [4.78, 5) is 21.5. The van der Waals surface area contributed by atoms with E-state index in [1.807, 2.05) is 36.4 Å². The molecule has 0 spiro atoms. The molecule has 0 bridgehead atoms. The third kappa shape index (κ3) is 6.26. The van der Waals surface area contributed by atoms with Gasteiger partial charge < -0.3 is 29.5 Å². The van der Waals surface area contributed by atoms with Crippen LogP contribution in [-0.4, -0.2) is 76.7 Å². The number of piperidine rings is 2. The van der Waals surface area contributed by atoms with Gasteiger partial charge in [-0.15, -0.1) is 0 Å². The number of halogens is 1. The minimum Gasteiger partial charge on any atom is -0.488 e. The van der Waals surface area contributed by atoms with E-state index in [9.17, 15) is 9.90 Å². The topological polar surface area (TPSA) is 94.0 Å². The zero-order valence-electron chi connectivity index (χ0n) is 23.7. The number of aromatic nitrogens is 1. The Balaban J connectivity index is 1.03. The molecular weight excluding hydrogens is 540 g/mol. The third-order valence-corrected chi connectivity index (χ3v) is 9.06. The second-order valence-electron chi connectivity index (χ2n) is 11.8. The van der Waals surface area contributed by atoms with E-state index in [2.05, 4.69) is 33.9 Å². The molecule has 9 heteroatoms. The number of nitrogens with zero attached hydrogens (tertiary/aromatic N) is 2. The van der Waals surface area contributed by atoms with Gasteiger partial charge in [0.15, 0.2) is 0 Å². The molecule has 0 unspecified atom stereocenters. The molecule has 218 valence electrons. The van der Waals surface area contributed by atoms with Crippen LogP contribution < -0.4 is 10.1 Å². The summed E-state index contributed by atoms with van der Waals surface area (Å²) in [6, 6.07) is 13.8. The second-order valence-corrected chi connectivity index (χ2v) is 12.3. The normalized spacial score (nSPS) is 21.9. The number of nitrogens with one attached hydrogen (secondary N) is 2. The predicted octanol–water partition coefficient (Wildman–Crippen LogP) is 5.43. The van der Waals surface area contributed by atoms with Crippen molar-refractivity contribution in [1.82, 2.24) is 20.1 Å². The molecule has 0 aliphatic carbocycles. The van der Waals surface area contributed by atoms with Crippen LogP contribution >= 0.6 is 11.6 Å². The van der Waals surface area contributed by atoms with Gasteiger partial charge >= 0.3 is 0 Å². The quantitative estimate of drug-likeness (QED) is 0.258. The lowest BCUT2D eigenvalue weighted by Crippen LogP contribution is -2.52. The van der Waals surface area contributed by atoms with Gasteiger partial charge in [-0.2, -0.15) is 0 Å². The maximum absolute atomic E-state index is 13.2. The summed E-state index contributed by atoms with van der Waals surface area (Å²) >= 11 is 6.17. The maximum atomic E-state index is 13.2. The number of carbonyl (C=O) groups is 1. The monoisotopic (exact) mass is 578 g/mol. The van der Waals surface area contributed by atoms with Gasteiger partial charge in [-0.3, -0.25) is 9.69 Å². The molecule has 0 radical (unpaired) electrons. The van der Waals surface area contributed by atoms with Gasteiger partial charge in [0.2, 0.25) is 0 Å². The van der Waals surface area contributed by atoms with Crippen LogP contribution in [-0.2, 0) is 6.61 Å². The first-order chi connectivity index (χ1) is 19.8. The summed E-state index contributed by atoms with van der Waals surface area (Å²) < 4.78 is 11.8. The van der Waals surface area contributed by atoms with Gasteiger partial charge in [0.25, 0.3) is 5.91 Å². The average molecular weight is 579 g/mol. The number of likely N-dealkylation sites (tertiary alicyclic amines) is 2. The van der Waals surface area contributed by atoms with Gasteiger partial charge in [0.1, 0.15) is 23.6 Å². The molecule has 2 fully saturated rings. The highest BCUT2D eigenvalue weighted by atomic mass is 35.5. The first-order valence-electron chi connectivity index (χ1n) is 14.7. The number of fused-ring (bicyclic) bond motifs is 2. The van der Waals surface area contributed by atoms with Gasteiger partial charge in [-0.05, 0) is 68.5 Å². The van der Waals surface area contributed by atoms with Crippen molar-refractivity contribution in [3.8, 4) is 5.75 Å². The van der Waals surface area contributed by atoms with E-state index in [1.54, 1.807) is 12.3 Å². The van der Waals surface area contributed by atoms with Crippen LogP contribution in [0.2, 0.25) is 5.02 Å². The van der Waals surface area contributed by atoms with E-state index in [1.165, 1.54) is 0 Å². The van der Waals surface area contributed by atoms with Crippen molar-refractivity contribution in [2.45, 2.75) is 57.9 Å². The largest absolute Gasteiger partial charge is 0.488 e. The molecule has 4 aromatic rings. The lowest BCUT2D eigenvalue weighted by atomic mass is 9.95. The number of aliphatic hydroxyl groups excluding tert-OH is 1. The van der Waals surface area contributed by atoms with E-state index in [4.69, 9.17) is 20.8 Å². The molecule has 3 N–H and O–H groups in total. The lowest BCUT2D eigenvalue weighted by molar-refractivity contribution is 0.0115. The number of hydrogen-bond donors (Lipinski definition) is 3. The first-order valence-corrected chi connectivity index (χ1v) is 15.1. The summed E-state index contributed by atoms with van der Waals surface area (Å²) in [7, 11) is 0. The summed E-state index contributed by atoms with van der Waals surface area (Å²) in [6.45, 7) is 9.65. The zero-order valence-corrected chi connectivity index (χ0v) is 24.5. The van der Waals surface area contributed by atoms with Crippen LogP contribution in [0.3, 0.4) is 0 Å². The Bertz CT molecular complexity index is 1510. The number of aliphatic hydroxyl groups is 1. The molecule has 41 heavy (non-hydrogen) atoms. The van der Waals surface area contributed by atoms with Crippen LogP contribution in [0.15, 0.2) is 53.1 Å². The molecule has 2 aliphatic rings. The standard InChI is InChI=1S/C32H39ClN4O4/c1-20-16-37(13-10-29(20)38)21(2)17-36-11-8-24(9-12-36)34-32(39)28-15-26-27(35-28)4-3-5-30(26)40-18-22-19-41-31-7-6-23(33)14-25(22)31/h3-7,14-15,19-21,24,29,35,38H,8-13,16-18H2,1-2H3,(H,34,39)/t20-,21-,29-/m0/s1. The predicted molar refractivity (Wildman–Crippen MR) is 162 cm³/mol. The Labute approximate surface area is 245 Å². The van der Waals surface area contributed by atoms with Crippen LogP contribution in [0.4, 0.5) is 0 Å². The molecule has 2 saturated heterocycles. The number of rotatable bonds is 8. The van der Waals surface area contributed by atoms with Crippen molar-refractivity contribution in [2.24, 2.45) is 5.92 Å². The summed E-state index contributed by atoms with van der Waals surface area (Å²) in [6.07, 6.45) is 4.26. The molecule has 8 nitrogen and oxygen atoms in total. The van der Waals surface area contributed by atoms with E-state index < -0.39 is 0 Å². The fourth-order valence-electron chi connectivity index (χ4n) is 6.27. The molecule has 0 saturated carbocycles. The summed E-state index contributed by atoms with van der Waals surface area (Å²) in [5.74, 6) is 0.945. The van der Waals surface area contributed by atoms with E-state index >= 15 is 0 Å². The van der Waals surface area contributed by atoms with Crippen molar-refractivity contribution in [1.29, 1.82) is 0 Å². The molecule has 3 atom stereocenters. The van der Waals surface area contributed by atoms with Crippen molar-refractivity contribution in [2.75, 3.05) is 32.7 Å². The summed E-state index contributed by atoms with van der Waals surface area (Å²) in [5, 5.41) is 15.7. The highest BCUT2D eigenvalue weighted by Gasteiger charge is 2.29. The van der Waals surface area contributed by atoms with Gasteiger partial charge in [0, 0.05) is 71.7 Å². The van der Waals surface area contributed by atoms with Crippen molar-refractivity contribution in [3.63, 3.8) is 0 Å². The van der Waals surface area contributed by atoms with Crippen molar-refractivity contribution in [3.05, 3.63) is 65.0 Å². The Morgan fingerprint density at radius 3 is 2.80 bits per heavy atom. The minimum atomic E-state index is -0.169. The second kappa shape index (κ2) is 12.1. The molecule has 2 aromatic heterocycles. The number of benzene rings is 2. The Morgan fingerprint density at radius 1 is 1.17 bits per heavy atom. The number of hydrogen-bond acceptors (Lipinski definition) is 6. The maximum Gasteiger partial charge on any atom is 0.267 e. The Morgan fingerprint density at radius 2 is 2.00 bits per heavy atom. The highest BCUT2D eigenvalue weighted by molar-refractivity contribution is 6.31. The smallest absolute Gasteiger partial charge is 0.267 e. The zero-order chi connectivity index (χ0) is 28.5. The van der Waals surface area contributed by atoms with Gasteiger partial charge in [-0.25, -0.2) is 0 Å². The van der Waals surface area contributed by atoms with Crippen LogP contribution in [0, 0.1) is 5.92 Å². The first kappa shape index (κ1) is 28.1. The molecule has 1 amide bonds. The van der Waals surface area contributed by atoms with Crippen molar-refractivity contribution >= 4 is 39.4 Å². The molecule has 2 aromatic carbocycles. The third-order valence-electron chi connectivity index (χ3n) is 8.83. The fraction of sp³-hybridized carbons (Fsp3) is 0.469. The number of ether oxygens (including phenoxy) is 1. The molecule has 2 aliphatic heterocycles. The van der Waals surface area contributed by atoms with Gasteiger partial charge in [0.05, 0.1) is 12.4 Å². The number of carbonyl (C=O) groups excluding carboxylic acids is 1. The van der Waals surface area contributed by atoms with Crippen LogP contribution in [0.1, 0.15) is 49.2 Å². The minimum absolute atomic E-state index is 0.0877. The van der Waals surface area contributed by atoms with E-state index in [-0.39, 0.29) is 18.1 Å². The number of amides is 1. The van der Waals surface area contributed by atoms with Crippen LogP contribution in [0.5, 0.6) is 5.75 Å². The van der Waals surface area contributed by atoms with Crippen molar-refractivity contribution < 1.29 is 19.1 Å². The number of aromatic amines is 1. The molecule has 6 rings (SSSR count). The highest BCUT2D eigenvalue weighted by Crippen LogP contribution is 2.30. The summed E-state index contributed by atoms with van der Waals surface area (Å²) in [5.41, 5.74) is 3.08. The van der Waals surface area contributed by atoms with Crippen LogP contribution in [0.25, 0.3) is 21.9 Å². The Kier molecular flexibility index (Phi) is 8.26. The number of furan rings is 1. The SMILES string of the molecule is C[C@H]1CN([C@@H](C)CN2CCC(NC(=O)c3cc4c(OCc5coc6ccc(Cl)cc56)cccc4[nH]3)CC2)CC[C@@H]1O. The molecule has 4 heterocycles. The van der Waals surface area contributed by atoms with Gasteiger partial charge in [-0.1, -0.05) is 24.6 Å². The van der Waals surface area contributed by atoms with E-state index in [0.717, 1.165) is 79.4 Å². The van der Waals surface area contributed by atoms with E-state index in [0.29, 0.717) is 35.0 Å². The lowest BCUT2D eigenvalue weighted by Gasteiger charge is -2.41. The molecular formula is C32H39ClN4O4.